The Labute approximate surface area is 127 Å². The summed E-state index contributed by atoms with van der Waals surface area (Å²) in [4.78, 5) is 12.8. The van der Waals surface area contributed by atoms with Crippen molar-refractivity contribution >= 4 is 11.6 Å². The van der Waals surface area contributed by atoms with Gasteiger partial charge in [0.15, 0.2) is 0 Å². The normalized spacial score (nSPS) is 17.7. The lowest BCUT2D eigenvalue weighted by molar-refractivity contribution is -0.128. The summed E-state index contributed by atoms with van der Waals surface area (Å²) in [6.45, 7) is 4.39. The molecule has 1 N–H and O–H groups in total. The van der Waals surface area contributed by atoms with E-state index < -0.39 is 0 Å². The van der Waals surface area contributed by atoms with Gasteiger partial charge in [-0.25, -0.2) is 4.39 Å². The van der Waals surface area contributed by atoms with Crippen molar-refractivity contribution in [3.8, 4) is 0 Å². The van der Waals surface area contributed by atoms with Crippen LogP contribution in [0.1, 0.15) is 58.8 Å². The van der Waals surface area contributed by atoms with E-state index in [-0.39, 0.29) is 17.1 Å². The van der Waals surface area contributed by atoms with Crippen molar-refractivity contribution in [2.45, 2.75) is 58.8 Å². The van der Waals surface area contributed by atoms with E-state index >= 15 is 0 Å². The fourth-order valence-electron chi connectivity index (χ4n) is 3.21. The summed E-state index contributed by atoms with van der Waals surface area (Å²) in [5.41, 5.74) is 0.309. The molecule has 0 aliphatic heterocycles. The van der Waals surface area contributed by atoms with Crippen molar-refractivity contribution in [1.29, 1.82) is 0 Å². The maximum absolute atomic E-state index is 13.3. The molecule has 1 saturated carbocycles. The quantitative estimate of drug-likeness (QED) is 0.798. The van der Waals surface area contributed by atoms with Crippen LogP contribution >= 0.6 is 0 Å². The van der Waals surface area contributed by atoms with Crippen LogP contribution in [0, 0.1) is 17.2 Å². The Balaban J connectivity index is 2.10. The summed E-state index contributed by atoms with van der Waals surface area (Å²) in [5.74, 6) is 0.367. The second-order valence-electron chi connectivity index (χ2n) is 6.74. The minimum absolute atomic E-state index is 0.0773. The molecule has 0 heterocycles. The topological polar surface area (TPSA) is 29.1 Å². The average molecular weight is 291 g/mol. The predicted molar refractivity (Wildman–Crippen MR) is 84.6 cm³/mol. The first-order chi connectivity index (χ1) is 10.0. The molecule has 21 heavy (non-hydrogen) atoms. The molecule has 1 aliphatic carbocycles. The number of anilines is 1. The van der Waals surface area contributed by atoms with E-state index in [1.165, 1.54) is 18.6 Å². The highest BCUT2D eigenvalue weighted by Gasteiger charge is 2.39. The van der Waals surface area contributed by atoms with Crippen LogP contribution in [0.4, 0.5) is 10.1 Å². The van der Waals surface area contributed by atoms with Crippen molar-refractivity contribution in [3.63, 3.8) is 0 Å². The second-order valence-corrected chi connectivity index (χ2v) is 6.74. The third kappa shape index (κ3) is 4.29. The number of carbonyl (C=O) groups is 1. The number of hydrogen-bond acceptors (Lipinski definition) is 1. The van der Waals surface area contributed by atoms with Gasteiger partial charge in [0, 0.05) is 11.1 Å². The molecule has 0 bridgehead atoms. The van der Waals surface area contributed by atoms with E-state index in [2.05, 4.69) is 19.2 Å². The molecule has 1 amide bonds. The number of halogens is 1. The van der Waals surface area contributed by atoms with Gasteiger partial charge in [-0.15, -0.1) is 0 Å². The van der Waals surface area contributed by atoms with Crippen LogP contribution in [0.2, 0.25) is 0 Å². The molecule has 1 aromatic rings. The van der Waals surface area contributed by atoms with Crippen LogP contribution in [-0.2, 0) is 4.79 Å². The maximum Gasteiger partial charge on any atom is 0.230 e. The standard InChI is InChI=1S/C18H26FNO/c1-14(2)9-12-18(10-4-3-5-11-18)17(21)20-16-8-6-7-15(19)13-16/h6-8,13-14H,3-5,9-12H2,1-2H3,(H,20,21). The Morgan fingerprint density at radius 2 is 2.00 bits per heavy atom. The zero-order chi connectivity index (χ0) is 15.3. The Bertz CT molecular complexity index is 478. The van der Waals surface area contributed by atoms with E-state index in [1.807, 2.05) is 0 Å². The van der Waals surface area contributed by atoms with Crippen molar-refractivity contribution < 1.29 is 9.18 Å². The lowest BCUT2D eigenvalue weighted by Gasteiger charge is -2.36. The van der Waals surface area contributed by atoms with Gasteiger partial charge in [-0.3, -0.25) is 4.79 Å². The molecule has 2 nitrogen and oxygen atoms in total. The van der Waals surface area contributed by atoms with E-state index in [0.29, 0.717) is 11.6 Å². The van der Waals surface area contributed by atoms with Crippen LogP contribution in [0.3, 0.4) is 0 Å². The highest BCUT2D eigenvalue weighted by atomic mass is 19.1. The molecule has 0 unspecified atom stereocenters. The molecule has 0 saturated heterocycles. The van der Waals surface area contributed by atoms with Crippen LogP contribution < -0.4 is 5.32 Å². The highest BCUT2D eigenvalue weighted by molar-refractivity contribution is 5.95. The third-order valence-electron chi connectivity index (χ3n) is 4.58. The molecule has 0 radical (unpaired) electrons. The molecule has 0 spiro atoms. The number of amides is 1. The highest BCUT2D eigenvalue weighted by Crippen LogP contribution is 2.42. The summed E-state index contributed by atoms with van der Waals surface area (Å²) in [5, 5.41) is 2.94. The minimum Gasteiger partial charge on any atom is -0.326 e. The molecule has 0 atom stereocenters. The van der Waals surface area contributed by atoms with Gasteiger partial charge in [0.2, 0.25) is 5.91 Å². The third-order valence-corrected chi connectivity index (χ3v) is 4.58. The average Bonchev–Trinajstić information content (AvgIpc) is 2.46. The summed E-state index contributed by atoms with van der Waals surface area (Å²) in [6, 6.07) is 6.16. The van der Waals surface area contributed by atoms with Gasteiger partial charge in [0.05, 0.1) is 0 Å². The molecule has 0 aromatic heterocycles. The molecule has 3 heteroatoms. The number of carbonyl (C=O) groups excluding carboxylic acids is 1. The van der Waals surface area contributed by atoms with Gasteiger partial charge in [-0.2, -0.15) is 0 Å². The van der Waals surface area contributed by atoms with Crippen LogP contribution in [0.5, 0.6) is 0 Å². The van der Waals surface area contributed by atoms with Gasteiger partial charge in [0.25, 0.3) is 0 Å². The Hall–Kier alpha value is -1.38. The summed E-state index contributed by atoms with van der Waals surface area (Å²) in [6.07, 6.45) is 7.38. The number of nitrogens with one attached hydrogen (secondary N) is 1. The fourth-order valence-corrected chi connectivity index (χ4v) is 3.21. The molecule has 116 valence electrons. The van der Waals surface area contributed by atoms with Gasteiger partial charge < -0.3 is 5.32 Å². The smallest absolute Gasteiger partial charge is 0.230 e. The Kier molecular flexibility index (Phi) is 5.38. The maximum atomic E-state index is 13.3. The van der Waals surface area contributed by atoms with Crippen LogP contribution in [0.15, 0.2) is 24.3 Å². The molecule has 1 fully saturated rings. The fraction of sp³-hybridized carbons (Fsp3) is 0.611. The lowest BCUT2D eigenvalue weighted by Crippen LogP contribution is -2.38. The number of rotatable bonds is 5. The molecule has 1 aliphatic rings. The van der Waals surface area contributed by atoms with Gasteiger partial charge in [0.1, 0.15) is 5.82 Å². The van der Waals surface area contributed by atoms with Crippen molar-refractivity contribution in [1.82, 2.24) is 0 Å². The van der Waals surface area contributed by atoms with Gasteiger partial charge in [-0.1, -0.05) is 39.2 Å². The van der Waals surface area contributed by atoms with Gasteiger partial charge in [-0.05, 0) is 49.8 Å². The summed E-state index contributed by atoms with van der Waals surface area (Å²) >= 11 is 0. The van der Waals surface area contributed by atoms with Crippen molar-refractivity contribution in [3.05, 3.63) is 30.1 Å². The largest absolute Gasteiger partial charge is 0.326 e. The monoisotopic (exact) mass is 291 g/mol. The summed E-state index contributed by atoms with van der Waals surface area (Å²) < 4.78 is 13.3. The first kappa shape index (κ1) is 16.0. The molecular formula is C18H26FNO. The molecular weight excluding hydrogens is 265 g/mol. The molecule has 2 rings (SSSR count). The first-order valence-corrected chi connectivity index (χ1v) is 8.09. The zero-order valence-electron chi connectivity index (χ0n) is 13.1. The molecule has 1 aromatic carbocycles. The van der Waals surface area contributed by atoms with Crippen LogP contribution in [-0.4, -0.2) is 5.91 Å². The summed E-state index contributed by atoms with van der Waals surface area (Å²) in [7, 11) is 0. The van der Waals surface area contributed by atoms with Crippen molar-refractivity contribution in [2.24, 2.45) is 11.3 Å². The number of benzene rings is 1. The Morgan fingerprint density at radius 1 is 1.29 bits per heavy atom. The van der Waals surface area contributed by atoms with Crippen LogP contribution in [0.25, 0.3) is 0 Å². The zero-order valence-corrected chi connectivity index (χ0v) is 13.1. The van der Waals surface area contributed by atoms with E-state index in [0.717, 1.165) is 38.5 Å². The predicted octanol–water partition coefficient (Wildman–Crippen LogP) is 5.15. The number of hydrogen-bond donors (Lipinski definition) is 1. The van der Waals surface area contributed by atoms with E-state index in [1.54, 1.807) is 12.1 Å². The van der Waals surface area contributed by atoms with E-state index in [4.69, 9.17) is 0 Å². The van der Waals surface area contributed by atoms with Gasteiger partial charge >= 0.3 is 0 Å². The lowest BCUT2D eigenvalue weighted by atomic mass is 9.69. The van der Waals surface area contributed by atoms with Crippen molar-refractivity contribution in [2.75, 3.05) is 5.32 Å². The second kappa shape index (κ2) is 7.06. The van der Waals surface area contributed by atoms with E-state index in [9.17, 15) is 9.18 Å². The first-order valence-electron chi connectivity index (χ1n) is 8.09. The Morgan fingerprint density at radius 3 is 2.62 bits per heavy atom. The SMILES string of the molecule is CC(C)CCC1(C(=O)Nc2cccc(F)c2)CCCCC1. The minimum atomic E-state index is -0.312.